The van der Waals surface area contributed by atoms with Gasteiger partial charge in [0.15, 0.2) is 0 Å². The average Bonchev–Trinajstić information content (AvgIpc) is 2.94. The number of halogens is 2. The number of carboxylic acids is 1. The maximum atomic E-state index is 13.9. The maximum Gasteiger partial charge on any atom is 0.304 e. The van der Waals surface area contributed by atoms with E-state index in [9.17, 15) is 13.6 Å². The van der Waals surface area contributed by atoms with Crippen molar-refractivity contribution in [3.05, 3.63) is 70.9 Å². The minimum atomic E-state index is -0.814. The van der Waals surface area contributed by atoms with Gasteiger partial charge >= 0.3 is 5.97 Å². The molecule has 2 aromatic carbocycles. The van der Waals surface area contributed by atoms with Crippen LogP contribution in [0.3, 0.4) is 0 Å². The third-order valence-electron chi connectivity index (χ3n) is 5.19. The van der Waals surface area contributed by atoms with Crippen LogP contribution in [0.5, 0.6) is 0 Å². The Morgan fingerprint density at radius 2 is 1.81 bits per heavy atom. The molecule has 6 heteroatoms. The summed E-state index contributed by atoms with van der Waals surface area (Å²) in [6, 6.07) is 11.2. The van der Waals surface area contributed by atoms with Crippen LogP contribution >= 0.6 is 0 Å². The SMILES string of the molecule is O=C(O)CCN1CCc2c(c3cc(F)ccc3n2Cc2ccc(F)cc2)C1. The van der Waals surface area contributed by atoms with E-state index in [4.69, 9.17) is 5.11 Å². The van der Waals surface area contributed by atoms with Crippen LogP contribution in [0.2, 0.25) is 0 Å². The molecule has 1 N–H and O–H groups in total. The molecular formula is C21H20F2N2O2. The fraction of sp³-hybridized carbons (Fsp3) is 0.286. The lowest BCUT2D eigenvalue weighted by atomic mass is 10.0. The molecule has 0 bridgehead atoms. The number of fused-ring (bicyclic) bond motifs is 3. The van der Waals surface area contributed by atoms with E-state index < -0.39 is 5.97 Å². The molecule has 0 aliphatic carbocycles. The molecule has 1 aliphatic heterocycles. The van der Waals surface area contributed by atoms with Crippen LogP contribution in [0, 0.1) is 11.6 Å². The van der Waals surface area contributed by atoms with Crippen molar-refractivity contribution in [2.75, 3.05) is 13.1 Å². The molecule has 0 radical (unpaired) electrons. The highest BCUT2D eigenvalue weighted by molar-refractivity contribution is 5.86. The first-order chi connectivity index (χ1) is 13.0. The highest BCUT2D eigenvalue weighted by Crippen LogP contribution is 2.32. The third-order valence-corrected chi connectivity index (χ3v) is 5.19. The minimum absolute atomic E-state index is 0.0952. The second kappa shape index (κ2) is 7.12. The molecule has 0 saturated heterocycles. The predicted molar refractivity (Wildman–Crippen MR) is 98.6 cm³/mol. The quantitative estimate of drug-likeness (QED) is 0.743. The zero-order valence-corrected chi connectivity index (χ0v) is 14.8. The Bertz CT molecular complexity index is 996. The number of benzene rings is 2. The molecule has 3 aromatic rings. The number of hydrogen-bond donors (Lipinski definition) is 1. The monoisotopic (exact) mass is 370 g/mol. The standard InChI is InChI=1S/C21H20F2N2O2/c22-15-3-1-14(2-4-15)12-25-19-6-5-16(23)11-17(19)18-13-24(9-7-20(18)25)10-8-21(26)27/h1-6,11H,7-10,12-13H2,(H,26,27). The first-order valence-electron chi connectivity index (χ1n) is 8.99. The van der Waals surface area contributed by atoms with Crippen LogP contribution in [-0.2, 0) is 24.3 Å². The number of rotatable bonds is 5. The number of carboxylic acid groups (broad SMARTS) is 1. The van der Waals surface area contributed by atoms with Gasteiger partial charge in [-0.25, -0.2) is 8.78 Å². The molecule has 0 spiro atoms. The van der Waals surface area contributed by atoms with Gasteiger partial charge in [-0.05, 0) is 41.5 Å². The van der Waals surface area contributed by atoms with E-state index in [1.807, 2.05) is 0 Å². The van der Waals surface area contributed by atoms with Crippen LogP contribution in [-0.4, -0.2) is 33.6 Å². The van der Waals surface area contributed by atoms with E-state index >= 15 is 0 Å². The van der Waals surface area contributed by atoms with Gasteiger partial charge in [0.25, 0.3) is 0 Å². The third kappa shape index (κ3) is 3.57. The molecule has 0 atom stereocenters. The van der Waals surface area contributed by atoms with Crippen molar-refractivity contribution in [1.82, 2.24) is 9.47 Å². The number of hydrogen-bond acceptors (Lipinski definition) is 2. The van der Waals surface area contributed by atoms with Gasteiger partial charge in [-0.2, -0.15) is 0 Å². The number of nitrogens with zero attached hydrogens (tertiary/aromatic N) is 2. The molecule has 4 nitrogen and oxygen atoms in total. The van der Waals surface area contributed by atoms with Gasteiger partial charge in [0.2, 0.25) is 0 Å². The van der Waals surface area contributed by atoms with Crippen LogP contribution in [0.15, 0.2) is 42.5 Å². The van der Waals surface area contributed by atoms with E-state index in [1.165, 1.54) is 18.2 Å². The first-order valence-corrected chi connectivity index (χ1v) is 8.99. The lowest BCUT2D eigenvalue weighted by molar-refractivity contribution is -0.137. The van der Waals surface area contributed by atoms with E-state index in [0.29, 0.717) is 19.6 Å². The summed E-state index contributed by atoms with van der Waals surface area (Å²) in [5.41, 5.74) is 4.13. The van der Waals surface area contributed by atoms with E-state index in [2.05, 4.69) is 9.47 Å². The predicted octanol–water partition coefficient (Wildman–Crippen LogP) is 3.80. The molecule has 2 heterocycles. The summed E-state index contributed by atoms with van der Waals surface area (Å²) >= 11 is 0. The van der Waals surface area contributed by atoms with Gasteiger partial charge in [-0.3, -0.25) is 9.69 Å². The largest absolute Gasteiger partial charge is 0.481 e. The summed E-state index contributed by atoms with van der Waals surface area (Å²) in [5, 5.41) is 9.80. The molecule has 4 rings (SSSR count). The Kier molecular flexibility index (Phi) is 4.66. The highest BCUT2D eigenvalue weighted by Gasteiger charge is 2.24. The van der Waals surface area contributed by atoms with Crippen LogP contribution in [0.25, 0.3) is 10.9 Å². The van der Waals surface area contributed by atoms with Crippen molar-refractivity contribution < 1.29 is 18.7 Å². The van der Waals surface area contributed by atoms with Crippen molar-refractivity contribution in [2.45, 2.75) is 25.9 Å². The van der Waals surface area contributed by atoms with Gasteiger partial charge in [0.1, 0.15) is 11.6 Å². The maximum absolute atomic E-state index is 13.9. The molecule has 0 unspecified atom stereocenters. The van der Waals surface area contributed by atoms with E-state index in [0.717, 1.165) is 40.7 Å². The van der Waals surface area contributed by atoms with Crippen molar-refractivity contribution >= 4 is 16.9 Å². The summed E-state index contributed by atoms with van der Waals surface area (Å²) in [7, 11) is 0. The molecule has 0 saturated carbocycles. The summed E-state index contributed by atoms with van der Waals surface area (Å²) in [4.78, 5) is 13.0. The van der Waals surface area contributed by atoms with Gasteiger partial charge in [0.05, 0.1) is 6.42 Å². The summed E-state index contributed by atoms with van der Waals surface area (Å²) in [6.45, 7) is 2.45. The smallest absolute Gasteiger partial charge is 0.304 e. The van der Waals surface area contributed by atoms with Crippen LogP contribution in [0.1, 0.15) is 23.2 Å². The Morgan fingerprint density at radius 3 is 2.56 bits per heavy atom. The molecule has 1 aliphatic rings. The molecule has 0 fully saturated rings. The lowest BCUT2D eigenvalue weighted by Crippen LogP contribution is -2.32. The van der Waals surface area contributed by atoms with Crippen LogP contribution < -0.4 is 0 Å². The molecule has 0 amide bonds. The topological polar surface area (TPSA) is 45.5 Å². The number of aliphatic carboxylic acids is 1. The second-order valence-corrected chi connectivity index (χ2v) is 6.97. The fourth-order valence-corrected chi connectivity index (χ4v) is 3.88. The zero-order valence-electron chi connectivity index (χ0n) is 14.8. The Morgan fingerprint density at radius 1 is 1.07 bits per heavy atom. The lowest BCUT2D eigenvalue weighted by Gasteiger charge is -2.27. The van der Waals surface area contributed by atoms with Gasteiger partial charge in [0, 0.05) is 49.2 Å². The Balaban J connectivity index is 1.72. The Hall–Kier alpha value is -2.73. The van der Waals surface area contributed by atoms with Gasteiger partial charge in [-0.15, -0.1) is 0 Å². The number of aromatic nitrogens is 1. The van der Waals surface area contributed by atoms with Crippen molar-refractivity contribution in [3.63, 3.8) is 0 Å². The second-order valence-electron chi connectivity index (χ2n) is 6.97. The van der Waals surface area contributed by atoms with Crippen molar-refractivity contribution in [3.8, 4) is 0 Å². The molecule has 27 heavy (non-hydrogen) atoms. The normalized spacial score (nSPS) is 14.4. The van der Waals surface area contributed by atoms with E-state index in [-0.39, 0.29) is 18.1 Å². The van der Waals surface area contributed by atoms with Crippen molar-refractivity contribution in [2.24, 2.45) is 0 Å². The number of carbonyl (C=O) groups is 1. The van der Waals surface area contributed by atoms with E-state index in [1.54, 1.807) is 24.3 Å². The first kappa shape index (κ1) is 17.7. The summed E-state index contributed by atoms with van der Waals surface area (Å²) in [6.07, 6.45) is 0.865. The molecular weight excluding hydrogens is 350 g/mol. The average molecular weight is 370 g/mol. The summed E-state index contributed by atoms with van der Waals surface area (Å²) < 4.78 is 29.3. The Labute approximate surface area is 155 Å². The molecule has 1 aromatic heterocycles. The summed E-state index contributed by atoms with van der Waals surface area (Å²) in [5.74, 6) is -1.37. The van der Waals surface area contributed by atoms with Crippen LogP contribution in [0.4, 0.5) is 8.78 Å². The fourth-order valence-electron chi connectivity index (χ4n) is 3.88. The van der Waals surface area contributed by atoms with Gasteiger partial charge in [-0.1, -0.05) is 12.1 Å². The minimum Gasteiger partial charge on any atom is -0.481 e. The zero-order chi connectivity index (χ0) is 19.0. The van der Waals surface area contributed by atoms with Gasteiger partial charge < -0.3 is 9.67 Å². The van der Waals surface area contributed by atoms with Crippen molar-refractivity contribution in [1.29, 1.82) is 0 Å². The highest BCUT2D eigenvalue weighted by atomic mass is 19.1. The molecule has 140 valence electrons.